The van der Waals surface area contributed by atoms with Gasteiger partial charge in [-0.25, -0.2) is 0 Å². The van der Waals surface area contributed by atoms with Gasteiger partial charge in [0.15, 0.2) is 0 Å². The monoisotopic (exact) mass is 338 g/mol. The van der Waals surface area contributed by atoms with E-state index in [4.69, 9.17) is 5.11 Å². The highest BCUT2D eigenvalue weighted by Gasteiger charge is 1.94. The molecule has 1 N–H and O–H groups in total. The lowest BCUT2D eigenvalue weighted by Gasteiger charge is -2.03. The number of rotatable bonds is 19. The summed E-state index contributed by atoms with van der Waals surface area (Å²) in [6.45, 7) is 2.28. The molecular weight excluding hydrogens is 296 g/mol. The Morgan fingerprint density at radius 2 is 1.00 bits per heavy atom. The Kier molecular flexibility index (Phi) is 19.6. The Morgan fingerprint density at radius 1 is 0.625 bits per heavy atom. The molecule has 0 aromatic rings. The lowest BCUT2D eigenvalue weighted by molar-refractivity contribution is -0.136. The smallest absolute Gasteiger partial charge is 0.307 e. The first kappa shape index (κ1) is 23.2. The Balaban J connectivity index is 3.02. The van der Waals surface area contributed by atoms with Crippen LogP contribution in [0.1, 0.15) is 122 Å². The summed E-state index contributed by atoms with van der Waals surface area (Å²) in [6, 6.07) is 0. The highest BCUT2D eigenvalue weighted by molar-refractivity contribution is 5.68. The highest BCUT2D eigenvalue weighted by Crippen LogP contribution is 2.14. The normalized spacial score (nSPS) is 11.4. The molecule has 0 spiro atoms. The predicted octanol–water partition coefficient (Wildman–Crippen LogP) is 7.67. The van der Waals surface area contributed by atoms with Crippen molar-refractivity contribution in [3.05, 3.63) is 12.2 Å². The van der Waals surface area contributed by atoms with Crippen LogP contribution in [0.15, 0.2) is 12.2 Å². The van der Waals surface area contributed by atoms with Crippen LogP contribution >= 0.6 is 0 Å². The molecular formula is C22H42O2. The Labute approximate surface area is 151 Å². The number of carbonyl (C=O) groups is 1. The van der Waals surface area contributed by atoms with E-state index in [1.807, 2.05) is 6.08 Å². The Morgan fingerprint density at radius 3 is 1.38 bits per heavy atom. The maximum absolute atomic E-state index is 10.3. The van der Waals surface area contributed by atoms with Gasteiger partial charge in [0.1, 0.15) is 0 Å². The molecule has 0 fully saturated rings. The third-order valence-corrected chi connectivity index (χ3v) is 4.68. The summed E-state index contributed by atoms with van der Waals surface area (Å²) in [5.74, 6) is -0.738. The van der Waals surface area contributed by atoms with Crippen molar-refractivity contribution in [2.75, 3.05) is 0 Å². The van der Waals surface area contributed by atoms with Gasteiger partial charge in [-0.2, -0.15) is 0 Å². The van der Waals surface area contributed by atoms with Gasteiger partial charge in [0.05, 0.1) is 6.42 Å². The van der Waals surface area contributed by atoms with E-state index in [1.165, 1.54) is 103 Å². The van der Waals surface area contributed by atoms with Gasteiger partial charge >= 0.3 is 5.97 Å². The van der Waals surface area contributed by atoms with Crippen molar-refractivity contribution in [2.24, 2.45) is 0 Å². The van der Waals surface area contributed by atoms with E-state index in [0.717, 1.165) is 6.42 Å². The number of hydrogen-bond donors (Lipinski definition) is 1. The van der Waals surface area contributed by atoms with Gasteiger partial charge in [0, 0.05) is 0 Å². The predicted molar refractivity (Wildman–Crippen MR) is 106 cm³/mol. The molecule has 0 saturated carbocycles. The van der Waals surface area contributed by atoms with E-state index < -0.39 is 5.97 Å². The fourth-order valence-electron chi connectivity index (χ4n) is 3.11. The minimum absolute atomic E-state index is 0.166. The minimum Gasteiger partial charge on any atom is -0.481 e. The van der Waals surface area contributed by atoms with Crippen LogP contribution in [0.4, 0.5) is 0 Å². The van der Waals surface area contributed by atoms with Crippen LogP contribution < -0.4 is 0 Å². The average Bonchev–Trinajstić information content (AvgIpc) is 2.56. The van der Waals surface area contributed by atoms with Crippen LogP contribution in [0, 0.1) is 0 Å². The van der Waals surface area contributed by atoms with E-state index in [9.17, 15) is 4.79 Å². The summed E-state index contributed by atoms with van der Waals surface area (Å²) in [6.07, 6.45) is 27.3. The van der Waals surface area contributed by atoms with Crippen molar-refractivity contribution in [1.82, 2.24) is 0 Å². The van der Waals surface area contributed by atoms with E-state index in [-0.39, 0.29) is 6.42 Å². The maximum atomic E-state index is 10.3. The van der Waals surface area contributed by atoms with Crippen molar-refractivity contribution in [3.8, 4) is 0 Å². The molecule has 0 aliphatic rings. The van der Waals surface area contributed by atoms with E-state index in [2.05, 4.69) is 6.92 Å². The van der Waals surface area contributed by atoms with Crippen LogP contribution in [0.5, 0.6) is 0 Å². The summed E-state index contributed by atoms with van der Waals surface area (Å²) in [5, 5.41) is 8.51. The number of aliphatic carboxylic acids is 1. The summed E-state index contributed by atoms with van der Waals surface area (Å²) in [4.78, 5) is 10.3. The largest absolute Gasteiger partial charge is 0.481 e. The molecule has 0 atom stereocenters. The van der Waals surface area contributed by atoms with Gasteiger partial charge < -0.3 is 5.11 Å². The third-order valence-electron chi connectivity index (χ3n) is 4.68. The first-order chi connectivity index (χ1) is 11.8. The second kappa shape index (κ2) is 20.3. The van der Waals surface area contributed by atoms with E-state index >= 15 is 0 Å². The van der Waals surface area contributed by atoms with Crippen molar-refractivity contribution >= 4 is 5.97 Å². The molecule has 0 aromatic heterocycles. The van der Waals surface area contributed by atoms with Crippen molar-refractivity contribution < 1.29 is 9.90 Å². The van der Waals surface area contributed by atoms with Gasteiger partial charge in [0.25, 0.3) is 0 Å². The van der Waals surface area contributed by atoms with Gasteiger partial charge in [-0.15, -0.1) is 0 Å². The number of carboxylic acid groups (broad SMARTS) is 1. The fourth-order valence-corrected chi connectivity index (χ4v) is 3.11. The third kappa shape index (κ3) is 21.2. The van der Waals surface area contributed by atoms with Crippen LogP contribution in [0.2, 0.25) is 0 Å². The zero-order valence-electron chi connectivity index (χ0n) is 16.2. The second-order valence-corrected chi connectivity index (χ2v) is 7.16. The molecule has 0 bridgehead atoms. The summed E-state index contributed by atoms with van der Waals surface area (Å²) >= 11 is 0. The van der Waals surface area contributed by atoms with Crippen molar-refractivity contribution in [2.45, 2.75) is 122 Å². The molecule has 0 amide bonds. The van der Waals surface area contributed by atoms with Crippen LogP contribution in [0.25, 0.3) is 0 Å². The average molecular weight is 339 g/mol. The number of allylic oxidation sites excluding steroid dienone is 1. The van der Waals surface area contributed by atoms with E-state index in [0.29, 0.717) is 0 Å². The molecule has 0 unspecified atom stereocenters. The molecule has 0 aliphatic carbocycles. The van der Waals surface area contributed by atoms with E-state index in [1.54, 1.807) is 6.08 Å². The van der Waals surface area contributed by atoms with Gasteiger partial charge in [-0.05, 0) is 12.8 Å². The maximum Gasteiger partial charge on any atom is 0.307 e. The number of carboxylic acids is 1. The Bertz CT molecular complexity index is 284. The zero-order valence-corrected chi connectivity index (χ0v) is 16.2. The lowest BCUT2D eigenvalue weighted by Crippen LogP contribution is -1.89. The SMILES string of the molecule is CCCCCCCCCCCCCCCCCCC=CCC(=O)O. The first-order valence-corrected chi connectivity index (χ1v) is 10.6. The first-order valence-electron chi connectivity index (χ1n) is 10.6. The molecule has 142 valence electrons. The lowest BCUT2D eigenvalue weighted by atomic mass is 10.0. The second-order valence-electron chi connectivity index (χ2n) is 7.16. The molecule has 0 aromatic carbocycles. The molecule has 0 aliphatic heterocycles. The quantitative estimate of drug-likeness (QED) is 0.194. The van der Waals surface area contributed by atoms with Gasteiger partial charge in [0.2, 0.25) is 0 Å². The summed E-state index contributed by atoms with van der Waals surface area (Å²) < 4.78 is 0. The van der Waals surface area contributed by atoms with Gasteiger partial charge in [-0.1, -0.05) is 115 Å². The van der Waals surface area contributed by atoms with Crippen LogP contribution in [0.3, 0.4) is 0 Å². The van der Waals surface area contributed by atoms with Crippen molar-refractivity contribution in [1.29, 1.82) is 0 Å². The molecule has 24 heavy (non-hydrogen) atoms. The molecule has 0 saturated heterocycles. The Hall–Kier alpha value is -0.790. The summed E-state index contributed by atoms with van der Waals surface area (Å²) in [7, 11) is 0. The number of unbranched alkanes of at least 4 members (excludes halogenated alkanes) is 16. The molecule has 0 rings (SSSR count). The van der Waals surface area contributed by atoms with Crippen LogP contribution in [-0.4, -0.2) is 11.1 Å². The molecule has 0 heterocycles. The van der Waals surface area contributed by atoms with Crippen molar-refractivity contribution in [3.63, 3.8) is 0 Å². The van der Waals surface area contributed by atoms with Crippen LogP contribution in [-0.2, 0) is 4.79 Å². The zero-order chi connectivity index (χ0) is 17.7. The molecule has 2 nitrogen and oxygen atoms in total. The fraction of sp³-hybridized carbons (Fsp3) is 0.864. The summed E-state index contributed by atoms with van der Waals surface area (Å²) in [5.41, 5.74) is 0. The molecule has 0 radical (unpaired) electrons. The molecule has 2 heteroatoms. The standard InChI is InChI=1S/C22H42O2/c1-2-3-4-5-6-7-8-9-10-11-12-13-14-15-16-17-18-19-20-21-22(23)24/h19-20H,2-18,21H2,1H3,(H,23,24). The minimum atomic E-state index is -0.738. The van der Waals surface area contributed by atoms with Gasteiger partial charge in [-0.3, -0.25) is 4.79 Å². The highest BCUT2D eigenvalue weighted by atomic mass is 16.4. The topological polar surface area (TPSA) is 37.3 Å². The number of hydrogen-bond acceptors (Lipinski definition) is 1.